The van der Waals surface area contributed by atoms with Gasteiger partial charge < -0.3 is 0 Å². The fourth-order valence-corrected chi connectivity index (χ4v) is 2.11. The van der Waals surface area contributed by atoms with Crippen LogP contribution >= 0.6 is 23.4 Å². The molecule has 0 bridgehead atoms. The third-order valence-corrected chi connectivity index (χ3v) is 3.21. The highest BCUT2D eigenvalue weighted by Gasteiger charge is 2.34. The number of carbonyl (C=O) groups is 3. The lowest BCUT2D eigenvalue weighted by molar-refractivity contribution is -0.135. The molecule has 1 heterocycles. The Balaban J connectivity index is 2.18. The largest absolute Gasteiger partial charge is 0.328 e. The van der Waals surface area contributed by atoms with Crippen molar-refractivity contribution in [2.45, 2.75) is 6.42 Å². The van der Waals surface area contributed by atoms with Gasteiger partial charge in [-0.2, -0.15) is 0 Å². The summed E-state index contributed by atoms with van der Waals surface area (Å²) in [4.78, 5) is 36.5. The first-order valence-corrected chi connectivity index (χ1v) is 6.07. The first-order valence-electron chi connectivity index (χ1n) is 5.32. The predicted octanol–water partition coefficient (Wildman–Crippen LogP) is 1.43. The minimum Gasteiger partial charge on any atom is -0.297 e. The van der Waals surface area contributed by atoms with E-state index in [1.807, 2.05) is 10.6 Å². The van der Waals surface area contributed by atoms with Gasteiger partial charge >= 0.3 is 6.03 Å². The smallest absolute Gasteiger partial charge is 0.297 e. The molecule has 0 unspecified atom stereocenters. The molecule has 1 aromatic carbocycles. The number of hydrogen-bond donors (Lipinski definition) is 3. The van der Waals surface area contributed by atoms with Crippen molar-refractivity contribution in [3.8, 4) is 0 Å². The fourth-order valence-electron chi connectivity index (χ4n) is 1.74. The van der Waals surface area contributed by atoms with Crippen molar-refractivity contribution in [1.29, 1.82) is 0 Å². The van der Waals surface area contributed by atoms with E-state index in [4.69, 9.17) is 23.4 Å². The molecule has 3 N–H and O–H groups in total. The van der Waals surface area contributed by atoms with E-state index < -0.39 is 23.8 Å². The summed E-state index contributed by atoms with van der Waals surface area (Å²) in [7, 11) is 0. The van der Waals surface area contributed by atoms with Crippen molar-refractivity contribution in [2.24, 2.45) is 5.92 Å². The molecule has 8 heteroatoms. The van der Waals surface area contributed by atoms with Gasteiger partial charge in [0.05, 0.1) is 10.7 Å². The summed E-state index contributed by atoms with van der Waals surface area (Å²) in [6, 6.07) is 4.11. The third kappa shape index (κ3) is 2.97. The van der Waals surface area contributed by atoms with Gasteiger partial charge in [0, 0.05) is 11.8 Å². The Morgan fingerprint density at radius 1 is 1.16 bits per heavy atom. The van der Waals surface area contributed by atoms with Crippen LogP contribution in [0.2, 0.25) is 5.02 Å². The lowest BCUT2D eigenvalue weighted by Gasteiger charge is -2.20. The number of rotatable bonds is 3. The number of amides is 4. The lowest BCUT2D eigenvalue weighted by Crippen LogP contribution is -2.56. The first-order chi connectivity index (χ1) is 9.01. The zero-order valence-electron chi connectivity index (χ0n) is 9.50. The molecule has 0 atom stereocenters. The summed E-state index contributed by atoms with van der Waals surface area (Å²) in [6.07, 6.45) is 0.147. The number of anilines is 1. The maximum atomic E-state index is 11.6. The molecule has 6 nitrogen and oxygen atoms in total. The molecule has 1 aliphatic heterocycles. The molecule has 1 aliphatic rings. The Kier molecular flexibility index (Phi) is 3.92. The molecule has 0 aromatic heterocycles. The van der Waals surface area contributed by atoms with E-state index in [0.29, 0.717) is 16.3 Å². The van der Waals surface area contributed by atoms with Crippen LogP contribution in [0.1, 0.15) is 5.56 Å². The zero-order chi connectivity index (χ0) is 14.0. The summed E-state index contributed by atoms with van der Waals surface area (Å²) in [5, 5.41) is 4.51. The van der Waals surface area contributed by atoms with Gasteiger partial charge in [0.1, 0.15) is 5.92 Å². The summed E-state index contributed by atoms with van der Waals surface area (Å²) >= 11 is 11.4. The van der Waals surface area contributed by atoms with Gasteiger partial charge in [0.15, 0.2) is 0 Å². The molecule has 0 aliphatic carbocycles. The number of carbonyl (C=O) groups excluding carboxylic acids is 3. The fraction of sp³-hybridized carbons (Fsp3) is 0.182. The Morgan fingerprint density at radius 2 is 1.79 bits per heavy atom. The lowest BCUT2D eigenvalue weighted by atomic mass is 9.96. The maximum absolute atomic E-state index is 11.6. The van der Waals surface area contributed by atoms with Crippen LogP contribution in [-0.4, -0.2) is 17.8 Å². The molecule has 4 amide bonds. The second-order valence-electron chi connectivity index (χ2n) is 3.97. The van der Waals surface area contributed by atoms with Gasteiger partial charge in [-0.05, 0) is 24.1 Å². The second kappa shape index (κ2) is 5.46. The van der Waals surface area contributed by atoms with E-state index in [9.17, 15) is 14.4 Å². The van der Waals surface area contributed by atoms with E-state index in [0.717, 1.165) is 0 Å². The van der Waals surface area contributed by atoms with Gasteiger partial charge in [-0.25, -0.2) is 4.79 Å². The van der Waals surface area contributed by atoms with E-state index in [1.165, 1.54) is 0 Å². The number of halogens is 2. The van der Waals surface area contributed by atoms with Crippen LogP contribution < -0.4 is 15.5 Å². The third-order valence-electron chi connectivity index (χ3n) is 2.68. The van der Waals surface area contributed by atoms with E-state index in [2.05, 4.69) is 4.84 Å². The Bertz CT molecular complexity index is 542. The monoisotopic (exact) mass is 301 g/mol. The van der Waals surface area contributed by atoms with Gasteiger partial charge in [0.2, 0.25) is 11.8 Å². The van der Waals surface area contributed by atoms with Crippen molar-refractivity contribution < 1.29 is 14.4 Å². The quantitative estimate of drug-likeness (QED) is 0.582. The van der Waals surface area contributed by atoms with Crippen molar-refractivity contribution >= 4 is 46.9 Å². The highest BCUT2D eigenvalue weighted by molar-refractivity contribution is 6.35. The van der Waals surface area contributed by atoms with E-state index >= 15 is 0 Å². The van der Waals surface area contributed by atoms with Gasteiger partial charge in [-0.15, -0.1) is 0 Å². The van der Waals surface area contributed by atoms with Gasteiger partial charge in [-0.1, -0.05) is 17.7 Å². The average Bonchev–Trinajstić information content (AvgIpc) is 2.35. The molecule has 1 aromatic rings. The minimum atomic E-state index is -0.956. The molecule has 1 fully saturated rings. The van der Waals surface area contributed by atoms with Crippen LogP contribution in [-0.2, 0) is 16.0 Å². The van der Waals surface area contributed by atoms with Crippen LogP contribution in [0.4, 0.5) is 10.5 Å². The Morgan fingerprint density at radius 3 is 2.37 bits per heavy atom. The van der Waals surface area contributed by atoms with Crippen molar-refractivity contribution in [1.82, 2.24) is 10.6 Å². The number of imide groups is 2. The molecule has 0 saturated carbocycles. The molecule has 19 heavy (non-hydrogen) atoms. The highest BCUT2D eigenvalue weighted by Crippen LogP contribution is 2.25. The normalized spacial score (nSPS) is 16.0. The standard InChI is InChI=1S/C11H9Cl2N3O3/c12-7-2-1-5(4-8(7)16-13)3-6-9(17)14-11(19)15-10(6)18/h1-2,4,6,16H,3H2,(H2,14,15,17,18,19). The number of benzene rings is 1. The predicted molar refractivity (Wildman–Crippen MR) is 69.8 cm³/mol. The number of barbiturate groups is 1. The number of hydrogen-bond acceptors (Lipinski definition) is 4. The Labute approximate surface area is 118 Å². The van der Waals surface area contributed by atoms with Gasteiger partial charge in [-0.3, -0.25) is 25.1 Å². The average molecular weight is 302 g/mol. The molecule has 0 spiro atoms. The van der Waals surface area contributed by atoms with E-state index in [1.54, 1.807) is 18.2 Å². The summed E-state index contributed by atoms with van der Waals surface area (Å²) < 4.78 is 0. The maximum Gasteiger partial charge on any atom is 0.328 e. The molecule has 2 rings (SSSR count). The van der Waals surface area contributed by atoms with Crippen molar-refractivity contribution in [3.05, 3.63) is 28.8 Å². The Hall–Kier alpha value is -1.79. The van der Waals surface area contributed by atoms with Crippen LogP contribution in [0.5, 0.6) is 0 Å². The minimum absolute atomic E-state index is 0.147. The SMILES string of the molecule is O=C1NC(=O)C(Cc2ccc(Cl)c(NCl)c2)C(=O)N1. The van der Waals surface area contributed by atoms with Crippen molar-refractivity contribution in [2.75, 3.05) is 4.84 Å². The summed E-state index contributed by atoms with van der Waals surface area (Å²) in [5.41, 5.74) is 1.17. The highest BCUT2D eigenvalue weighted by atomic mass is 35.5. The summed E-state index contributed by atoms with van der Waals surface area (Å²) in [5.74, 6) is -2.20. The van der Waals surface area contributed by atoms with Crippen LogP contribution in [0.25, 0.3) is 0 Å². The van der Waals surface area contributed by atoms with E-state index in [-0.39, 0.29) is 6.42 Å². The van der Waals surface area contributed by atoms with Gasteiger partial charge in [0.25, 0.3) is 0 Å². The van der Waals surface area contributed by atoms with Crippen LogP contribution in [0.3, 0.4) is 0 Å². The topological polar surface area (TPSA) is 87.3 Å². The molecule has 0 radical (unpaired) electrons. The zero-order valence-corrected chi connectivity index (χ0v) is 11.0. The molecule has 100 valence electrons. The second-order valence-corrected chi connectivity index (χ2v) is 4.57. The van der Waals surface area contributed by atoms with Crippen molar-refractivity contribution in [3.63, 3.8) is 0 Å². The first kappa shape index (κ1) is 13.6. The number of nitrogens with one attached hydrogen (secondary N) is 3. The molecular formula is C11H9Cl2N3O3. The van der Waals surface area contributed by atoms with Crippen LogP contribution in [0, 0.1) is 5.92 Å². The number of urea groups is 1. The molecular weight excluding hydrogens is 293 g/mol. The van der Waals surface area contributed by atoms with Crippen LogP contribution in [0.15, 0.2) is 18.2 Å². The molecule has 1 saturated heterocycles. The summed E-state index contributed by atoms with van der Waals surface area (Å²) in [6.45, 7) is 0.